The zero-order chi connectivity index (χ0) is 17.4. The van der Waals surface area contributed by atoms with E-state index < -0.39 is 11.9 Å². The van der Waals surface area contributed by atoms with Crippen LogP contribution in [-0.4, -0.2) is 54.5 Å². The second-order valence-electron chi connectivity index (χ2n) is 6.42. The van der Waals surface area contributed by atoms with Crippen LogP contribution in [0.3, 0.4) is 0 Å². The third-order valence-corrected chi connectivity index (χ3v) is 4.50. The lowest BCUT2D eigenvalue weighted by molar-refractivity contribution is -0.143. The van der Waals surface area contributed by atoms with Crippen LogP contribution in [0, 0.1) is 12.8 Å². The van der Waals surface area contributed by atoms with Gasteiger partial charge in [0.1, 0.15) is 5.69 Å². The molecule has 0 radical (unpaired) electrons. The van der Waals surface area contributed by atoms with E-state index in [1.54, 1.807) is 33.6 Å². The monoisotopic (exact) mass is 331 g/mol. The minimum absolute atomic E-state index is 0.0353. The summed E-state index contributed by atoms with van der Waals surface area (Å²) in [6.45, 7) is 2.53. The number of piperidine rings is 1. The van der Waals surface area contributed by atoms with Crippen LogP contribution in [-0.2, 0) is 18.9 Å². The zero-order valence-corrected chi connectivity index (χ0v) is 14.0. The number of carbonyl (C=O) groups is 2. The summed E-state index contributed by atoms with van der Waals surface area (Å²) in [5.74, 6) is -1.67. The van der Waals surface area contributed by atoms with Crippen molar-refractivity contribution in [2.45, 2.75) is 19.3 Å². The van der Waals surface area contributed by atoms with Crippen molar-refractivity contribution < 1.29 is 14.7 Å². The quantitative estimate of drug-likeness (QED) is 0.897. The third kappa shape index (κ3) is 3.04. The van der Waals surface area contributed by atoms with Crippen LogP contribution in [0.2, 0.25) is 0 Å². The van der Waals surface area contributed by atoms with Gasteiger partial charge in [-0.05, 0) is 25.0 Å². The Morgan fingerprint density at radius 3 is 2.58 bits per heavy atom. The topological polar surface area (TPSA) is 93.3 Å². The molecule has 0 bridgehead atoms. The molecule has 3 heterocycles. The zero-order valence-electron chi connectivity index (χ0n) is 14.0. The van der Waals surface area contributed by atoms with Gasteiger partial charge >= 0.3 is 5.97 Å². The van der Waals surface area contributed by atoms with Crippen molar-refractivity contribution in [1.82, 2.24) is 24.5 Å². The van der Waals surface area contributed by atoms with E-state index in [4.69, 9.17) is 0 Å². The molecule has 0 aliphatic carbocycles. The predicted octanol–water partition coefficient (Wildman–Crippen LogP) is 0.793. The molecule has 1 amide bonds. The number of rotatable bonds is 3. The summed E-state index contributed by atoms with van der Waals surface area (Å²) in [5.41, 5.74) is 2.20. The highest BCUT2D eigenvalue weighted by atomic mass is 16.4. The molecular formula is C16H21N5O3. The highest BCUT2D eigenvalue weighted by Gasteiger charge is 2.36. The molecular weight excluding hydrogens is 310 g/mol. The maximum absolute atomic E-state index is 12.8. The molecule has 8 heteroatoms. The molecule has 128 valence electrons. The molecule has 2 aromatic rings. The van der Waals surface area contributed by atoms with E-state index in [1.807, 2.05) is 20.2 Å². The maximum Gasteiger partial charge on any atom is 0.308 e. The lowest BCUT2D eigenvalue weighted by Gasteiger charge is -2.35. The van der Waals surface area contributed by atoms with Crippen LogP contribution in [0.25, 0.3) is 0 Å². The predicted molar refractivity (Wildman–Crippen MR) is 85.5 cm³/mol. The van der Waals surface area contributed by atoms with Gasteiger partial charge in [-0.1, -0.05) is 0 Å². The summed E-state index contributed by atoms with van der Waals surface area (Å²) in [5, 5.41) is 17.8. The van der Waals surface area contributed by atoms with Gasteiger partial charge in [-0.15, -0.1) is 0 Å². The second-order valence-corrected chi connectivity index (χ2v) is 6.42. The van der Waals surface area contributed by atoms with Crippen LogP contribution >= 0.6 is 0 Å². The standard InChI is InChI=1S/C16H21N5O3/c1-10-4-14(20(3)18-10)15(22)21-8-11(5-12(9-21)16(23)24)13-6-17-19(2)7-13/h4,6-7,11-12H,5,8-9H2,1-3H3,(H,23,24). The molecule has 24 heavy (non-hydrogen) atoms. The Morgan fingerprint density at radius 1 is 1.29 bits per heavy atom. The number of aliphatic carboxylic acids is 1. The maximum atomic E-state index is 12.8. The van der Waals surface area contributed by atoms with Crippen molar-refractivity contribution in [1.29, 1.82) is 0 Å². The Hall–Kier alpha value is -2.64. The van der Waals surface area contributed by atoms with Crippen molar-refractivity contribution in [2.75, 3.05) is 13.1 Å². The lowest BCUT2D eigenvalue weighted by Crippen LogP contribution is -2.45. The first-order valence-electron chi connectivity index (χ1n) is 7.86. The van der Waals surface area contributed by atoms with Crippen molar-refractivity contribution in [3.63, 3.8) is 0 Å². The molecule has 3 rings (SSSR count). The summed E-state index contributed by atoms with van der Waals surface area (Å²) in [7, 11) is 3.54. The molecule has 1 fully saturated rings. The lowest BCUT2D eigenvalue weighted by atomic mass is 9.85. The number of carboxylic acid groups (broad SMARTS) is 1. The van der Waals surface area contributed by atoms with Crippen molar-refractivity contribution in [2.24, 2.45) is 20.0 Å². The van der Waals surface area contributed by atoms with Crippen LogP contribution in [0.1, 0.15) is 34.1 Å². The number of amides is 1. The number of carbonyl (C=O) groups excluding carboxylic acids is 1. The molecule has 1 aliphatic rings. The van der Waals surface area contributed by atoms with E-state index in [0.29, 0.717) is 18.7 Å². The molecule has 1 N–H and O–H groups in total. The molecule has 2 aromatic heterocycles. The Labute approximate surface area is 139 Å². The van der Waals surface area contributed by atoms with Gasteiger partial charge in [0, 0.05) is 39.3 Å². The van der Waals surface area contributed by atoms with Crippen LogP contribution in [0.5, 0.6) is 0 Å². The first-order chi connectivity index (χ1) is 11.3. The Bertz CT molecular complexity index is 779. The van der Waals surface area contributed by atoms with E-state index in [0.717, 1.165) is 11.3 Å². The van der Waals surface area contributed by atoms with Gasteiger partial charge in [0.15, 0.2) is 0 Å². The van der Waals surface area contributed by atoms with Gasteiger partial charge in [0.25, 0.3) is 5.91 Å². The molecule has 2 atom stereocenters. The smallest absolute Gasteiger partial charge is 0.308 e. The number of carboxylic acids is 1. The van der Waals surface area contributed by atoms with Gasteiger partial charge in [-0.3, -0.25) is 19.0 Å². The number of nitrogens with zero attached hydrogens (tertiary/aromatic N) is 5. The Balaban J connectivity index is 1.87. The molecule has 2 unspecified atom stereocenters. The highest BCUT2D eigenvalue weighted by Crippen LogP contribution is 2.31. The summed E-state index contributed by atoms with van der Waals surface area (Å²) in [4.78, 5) is 26.0. The van der Waals surface area contributed by atoms with Crippen molar-refractivity contribution in [3.05, 3.63) is 35.4 Å². The fraction of sp³-hybridized carbons (Fsp3) is 0.500. The molecule has 1 aliphatic heterocycles. The molecule has 0 saturated carbocycles. The van der Waals surface area contributed by atoms with Crippen molar-refractivity contribution in [3.8, 4) is 0 Å². The van der Waals surface area contributed by atoms with Crippen LogP contribution in [0.15, 0.2) is 18.5 Å². The average Bonchev–Trinajstić information content (AvgIpc) is 3.11. The van der Waals surface area contributed by atoms with E-state index in [2.05, 4.69) is 10.2 Å². The highest BCUT2D eigenvalue weighted by molar-refractivity contribution is 5.93. The first kappa shape index (κ1) is 16.2. The number of aromatic nitrogens is 4. The van der Waals surface area contributed by atoms with Crippen LogP contribution < -0.4 is 0 Å². The van der Waals surface area contributed by atoms with Crippen LogP contribution in [0.4, 0.5) is 0 Å². The van der Waals surface area contributed by atoms with E-state index in [-0.39, 0.29) is 18.4 Å². The van der Waals surface area contributed by atoms with E-state index in [1.165, 1.54) is 0 Å². The molecule has 8 nitrogen and oxygen atoms in total. The van der Waals surface area contributed by atoms with Gasteiger partial charge in [0.2, 0.25) is 0 Å². The number of likely N-dealkylation sites (tertiary alicyclic amines) is 1. The first-order valence-corrected chi connectivity index (χ1v) is 7.86. The van der Waals surface area contributed by atoms with Gasteiger partial charge in [-0.25, -0.2) is 0 Å². The van der Waals surface area contributed by atoms with E-state index in [9.17, 15) is 14.7 Å². The summed E-state index contributed by atoms with van der Waals surface area (Å²) in [6, 6.07) is 1.73. The van der Waals surface area contributed by atoms with Gasteiger partial charge < -0.3 is 10.0 Å². The summed E-state index contributed by atoms with van der Waals surface area (Å²) in [6.07, 6.45) is 4.13. The second kappa shape index (κ2) is 6.10. The summed E-state index contributed by atoms with van der Waals surface area (Å²) >= 11 is 0. The third-order valence-electron chi connectivity index (χ3n) is 4.50. The minimum atomic E-state index is -0.873. The number of aryl methyl sites for hydroxylation is 3. The number of hydrogen-bond acceptors (Lipinski definition) is 4. The van der Waals surface area contributed by atoms with Gasteiger partial charge in [-0.2, -0.15) is 10.2 Å². The SMILES string of the molecule is Cc1cc(C(=O)N2CC(C(=O)O)CC(c3cnn(C)c3)C2)n(C)n1. The van der Waals surface area contributed by atoms with Crippen molar-refractivity contribution >= 4 is 11.9 Å². The Morgan fingerprint density at radius 2 is 2.04 bits per heavy atom. The fourth-order valence-corrected chi connectivity index (χ4v) is 3.31. The molecule has 0 spiro atoms. The Kier molecular flexibility index (Phi) is 4.13. The van der Waals surface area contributed by atoms with E-state index >= 15 is 0 Å². The fourth-order valence-electron chi connectivity index (χ4n) is 3.31. The average molecular weight is 331 g/mol. The minimum Gasteiger partial charge on any atom is -0.481 e. The molecule has 0 aromatic carbocycles. The molecule has 1 saturated heterocycles. The van der Waals surface area contributed by atoms with Gasteiger partial charge in [0.05, 0.1) is 17.8 Å². The number of hydrogen-bond donors (Lipinski definition) is 1. The largest absolute Gasteiger partial charge is 0.481 e. The summed E-state index contributed by atoms with van der Waals surface area (Å²) < 4.78 is 3.23. The normalized spacial score (nSPS) is 21.0.